The van der Waals surface area contributed by atoms with Gasteiger partial charge in [-0.1, -0.05) is 30.3 Å². The number of nitrogens with one attached hydrogen (secondary N) is 1. The maximum Gasteiger partial charge on any atom is 0.221 e. The fourth-order valence-electron chi connectivity index (χ4n) is 3.22. The van der Waals surface area contributed by atoms with Crippen molar-refractivity contribution < 1.29 is 15.0 Å². The van der Waals surface area contributed by atoms with E-state index in [9.17, 15) is 15.0 Å². The SMILES string of the molecule is CNC(=O)CC1C(O)C(O)C(C)N1CCCc1ccccc1. The molecule has 1 saturated heterocycles. The zero-order valence-electron chi connectivity index (χ0n) is 13.3. The van der Waals surface area contributed by atoms with Crippen LogP contribution in [0, 0.1) is 0 Å². The van der Waals surface area contributed by atoms with Gasteiger partial charge in [-0.3, -0.25) is 9.69 Å². The molecule has 0 radical (unpaired) electrons. The number of benzene rings is 1. The molecule has 22 heavy (non-hydrogen) atoms. The Bertz CT molecular complexity index is 480. The monoisotopic (exact) mass is 306 g/mol. The van der Waals surface area contributed by atoms with Gasteiger partial charge in [0.1, 0.15) is 0 Å². The lowest BCUT2D eigenvalue weighted by Gasteiger charge is -2.28. The summed E-state index contributed by atoms with van der Waals surface area (Å²) in [6.07, 6.45) is 0.418. The first-order valence-corrected chi connectivity index (χ1v) is 7.91. The van der Waals surface area contributed by atoms with Crippen LogP contribution in [-0.4, -0.2) is 58.9 Å². The summed E-state index contributed by atoms with van der Waals surface area (Å²) in [5.41, 5.74) is 1.28. The van der Waals surface area contributed by atoms with E-state index in [1.54, 1.807) is 7.05 Å². The summed E-state index contributed by atoms with van der Waals surface area (Å²) in [6.45, 7) is 2.66. The van der Waals surface area contributed by atoms with Crippen LogP contribution in [0.1, 0.15) is 25.3 Å². The van der Waals surface area contributed by atoms with Gasteiger partial charge in [0.15, 0.2) is 0 Å². The third-order valence-corrected chi connectivity index (χ3v) is 4.59. The second kappa shape index (κ2) is 7.72. The first kappa shape index (κ1) is 16.9. The van der Waals surface area contributed by atoms with Gasteiger partial charge in [-0.2, -0.15) is 0 Å². The molecule has 5 heteroatoms. The highest BCUT2D eigenvalue weighted by molar-refractivity contribution is 5.76. The lowest BCUT2D eigenvalue weighted by atomic mass is 10.1. The molecule has 4 unspecified atom stereocenters. The first-order valence-electron chi connectivity index (χ1n) is 7.91. The van der Waals surface area contributed by atoms with Crippen LogP contribution in [0.5, 0.6) is 0 Å². The normalized spacial score (nSPS) is 28.7. The van der Waals surface area contributed by atoms with Crippen molar-refractivity contribution in [2.45, 2.75) is 50.5 Å². The second-order valence-electron chi connectivity index (χ2n) is 5.99. The molecular weight excluding hydrogens is 280 g/mol. The Balaban J connectivity index is 1.94. The molecule has 1 heterocycles. The summed E-state index contributed by atoms with van der Waals surface area (Å²) < 4.78 is 0. The van der Waals surface area contributed by atoms with Crippen LogP contribution in [-0.2, 0) is 11.2 Å². The van der Waals surface area contributed by atoms with Crippen molar-refractivity contribution in [1.82, 2.24) is 10.2 Å². The van der Waals surface area contributed by atoms with E-state index in [1.807, 2.05) is 25.1 Å². The van der Waals surface area contributed by atoms with E-state index in [2.05, 4.69) is 22.3 Å². The van der Waals surface area contributed by atoms with E-state index in [4.69, 9.17) is 0 Å². The number of carbonyl (C=O) groups is 1. The first-order chi connectivity index (χ1) is 10.5. The minimum absolute atomic E-state index is 0.113. The number of hydrogen-bond acceptors (Lipinski definition) is 4. The molecule has 1 fully saturated rings. The number of aliphatic hydroxyl groups is 2. The molecule has 1 aliphatic heterocycles. The van der Waals surface area contributed by atoms with Gasteiger partial charge in [0.25, 0.3) is 0 Å². The Morgan fingerprint density at radius 3 is 2.55 bits per heavy atom. The average Bonchev–Trinajstić information content (AvgIpc) is 2.73. The molecule has 5 nitrogen and oxygen atoms in total. The summed E-state index contributed by atoms with van der Waals surface area (Å²) in [5.74, 6) is -0.113. The Morgan fingerprint density at radius 1 is 1.23 bits per heavy atom. The maximum atomic E-state index is 11.6. The van der Waals surface area contributed by atoms with Crippen molar-refractivity contribution in [1.29, 1.82) is 0 Å². The molecule has 0 aliphatic carbocycles. The molecule has 4 atom stereocenters. The fourth-order valence-corrected chi connectivity index (χ4v) is 3.22. The smallest absolute Gasteiger partial charge is 0.221 e. The third-order valence-electron chi connectivity index (χ3n) is 4.59. The lowest BCUT2D eigenvalue weighted by molar-refractivity contribution is -0.122. The standard InChI is InChI=1S/C17H26N2O3/c1-12-16(21)17(22)14(11-15(20)18-2)19(12)10-6-9-13-7-4-3-5-8-13/h3-5,7-8,12,14,16-17,21-22H,6,9-11H2,1-2H3,(H,18,20). The van der Waals surface area contributed by atoms with Crippen molar-refractivity contribution in [3.8, 4) is 0 Å². The van der Waals surface area contributed by atoms with Crippen molar-refractivity contribution in [2.24, 2.45) is 0 Å². The van der Waals surface area contributed by atoms with Gasteiger partial charge >= 0.3 is 0 Å². The molecule has 122 valence electrons. The van der Waals surface area contributed by atoms with Crippen LogP contribution in [0.4, 0.5) is 0 Å². The predicted molar refractivity (Wildman–Crippen MR) is 85.4 cm³/mol. The number of aliphatic hydroxyl groups excluding tert-OH is 2. The minimum Gasteiger partial charge on any atom is -0.389 e. The zero-order valence-corrected chi connectivity index (χ0v) is 13.3. The van der Waals surface area contributed by atoms with E-state index in [0.29, 0.717) is 0 Å². The van der Waals surface area contributed by atoms with E-state index in [1.165, 1.54) is 5.56 Å². The molecule has 1 aromatic rings. The summed E-state index contributed by atoms with van der Waals surface area (Å²) in [5, 5.41) is 22.9. The van der Waals surface area contributed by atoms with E-state index < -0.39 is 12.2 Å². The number of aryl methyl sites for hydroxylation is 1. The highest BCUT2D eigenvalue weighted by Crippen LogP contribution is 2.27. The van der Waals surface area contributed by atoms with Gasteiger partial charge in [0, 0.05) is 25.6 Å². The second-order valence-corrected chi connectivity index (χ2v) is 5.99. The van der Waals surface area contributed by atoms with Crippen LogP contribution in [0.3, 0.4) is 0 Å². The molecule has 0 aromatic heterocycles. The third kappa shape index (κ3) is 3.85. The Kier molecular flexibility index (Phi) is 5.94. The number of amides is 1. The number of hydrogen-bond donors (Lipinski definition) is 3. The summed E-state index contributed by atoms with van der Waals surface area (Å²) in [6, 6.07) is 9.78. The van der Waals surface area contributed by atoms with Gasteiger partial charge < -0.3 is 15.5 Å². The number of nitrogens with zero attached hydrogens (tertiary/aromatic N) is 1. The van der Waals surface area contributed by atoms with Gasteiger partial charge in [-0.05, 0) is 31.9 Å². The van der Waals surface area contributed by atoms with Gasteiger partial charge in [-0.25, -0.2) is 0 Å². The molecule has 3 N–H and O–H groups in total. The number of carbonyl (C=O) groups excluding carboxylic acids is 1. The molecule has 0 spiro atoms. The average molecular weight is 306 g/mol. The number of rotatable bonds is 6. The highest BCUT2D eigenvalue weighted by Gasteiger charge is 2.45. The van der Waals surface area contributed by atoms with Crippen molar-refractivity contribution in [3.05, 3.63) is 35.9 Å². The zero-order chi connectivity index (χ0) is 16.1. The van der Waals surface area contributed by atoms with Crippen LogP contribution < -0.4 is 5.32 Å². The maximum absolute atomic E-state index is 11.6. The number of likely N-dealkylation sites (tertiary alicyclic amines) is 1. The molecule has 1 amide bonds. The fraction of sp³-hybridized carbons (Fsp3) is 0.588. The lowest BCUT2D eigenvalue weighted by Crippen LogP contribution is -2.41. The minimum atomic E-state index is -0.871. The predicted octanol–water partition coefficient (Wildman–Crippen LogP) is 0.550. The van der Waals surface area contributed by atoms with Crippen molar-refractivity contribution in [2.75, 3.05) is 13.6 Å². The Labute approximate surface area is 131 Å². The van der Waals surface area contributed by atoms with Gasteiger partial charge in [-0.15, -0.1) is 0 Å². The van der Waals surface area contributed by atoms with E-state index in [0.717, 1.165) is 19.4 Å². The molecule has 1 aliphatic rings. The van der Waals surface area contributed by atoms with Crippen LogP contribution in [0.2, 0.25) is 0 Å². The van der Waals surface area contributed by atoms with E-state index in [-0.39, 0.29) is 24.4 Å². The van der Waals surface area contributed by atoms with Gasteiger partial charge in [0.2, 0.25) is 5.91 Å². The topological polar surface area (TPSA) is 72.8 Å². The molecule has 0 saturated carbocycles. The van der Waals surface area contributed by atoms with Crippen LogP contribution >= 0.6 is 0 Å². The summed E-state index contributed by atoms with van der Waals surface area (Å²) >= 11 is 0. The quantitative estimate of drug-likeness (QED) is 0.718. The molecule has 0 bridgehead atoms. The van der Waals surface area contributed by atoms with E-state index >= 15 is 0 Å². The molecule has 1 aromatic carbocycles. The van der Waals surface area contributed by atoms with Crippen molar-refractivity contribution in [3.63, 3.8) is 0 Å². The molecule has 2 rings (SSSR count). The van der Waals surface area contributed by atoms with Crippen LogP contribution in [0.25, 0.3) is 0 Å². The largest absolute Gasteiger partial charge is 0.389 e. The van der Waals surface area contributed by atoms with Crippen LogP contribution in [0.15, 0.2) is 30.3 Å². The molecular formula is C17H26N2O3. The Hall–Kier alpha value is -1.43. The highest BCUT2D eigenvalue weighted by atomic mass is 16.3. The van der Waals surface area contributed by atoms with Crippen molar-refractivity contribution >= 4 is 5.91 Å². The van der Waals surface area contributed by atoms with Gasteiger partial charge in [0.05, 0.1) is 12.2 Å². The Morgan fingerprint density at radius 2 is 1.91 bits per heavy atom. The summed E-state index contributed by atoms with van der Waals surface area (Å²) in [4.78, 5) is 13.7. The summed E-state index contributed by atoms with van der Waals surface area (Å²) in [7, 11) is 1.59.